The second-order valence-corrected chi connectivity index (χ2v) is 11.6. The Labute approximate surface area is 235 Å². The van der Waals surface area contributed by atoms with Crippen molar-refractivity contribution in [3.63, 3.8) is 0 Å². The molecule has 0 bridgehead atoms. The number of hydrogen-bond donors (Lipinski definition) is 0. The van der Waals surface area contributed by atoms with E-state index in [9.17, 15) is 0 Å². The van der Waals surface area contributed by atoms with E-state index in [0.717, 1.165) is 13.1 Å². The standard InChI is InChI=1S/C35H46N4/c1-3-5-7-9-11-17-35(18-12-10-8-6-4-2)33-23-29(25-38-21-19-36-27-38)13-15-31(33)32-16-14-30(24-34(32)35)26-39-22-20-37-28-39/h13-16,19-24,27-28H,3-12,17-18,25-26H2,1-2H3. The average Bonchev–Trinajstić information content (AvgIpc) is 3.71. The lowest BCUT2D eigenvalue weighted by atomic mass is 9.70. The van der Waals surface area contributed by atoms with E-state index in [2.05, 4.69) is 81.7 Å². The van der Waals surface area contributed by atoms with Crippen molar-refractivity contribution in [2.75, 3.05) is 0 Å². The zero-order valence-corrected chi connectivity index (χ0v) is 24.1. The van der Waals surface area contributed by atoms with Gasteiger partial charge in [-0.15, -0.1) is 0 Å². The summed E-state index contributed by atoms with van der Waals surface area (Å²) in [6.45, 7) is 6.37. The van der Waals surface area contributed by atoms with Crippen LogP contribution in [0.15, 0.2) is 73.8 Å². The summed E-state index contributed by atoms with van der Waals surface area (Å²) in [4.78, 5) is 8.56. The number of nitrogens with zero attached hydrogens (tertiary/aromatic N) is 4. The van der Waals surface area contributed by atoms with Crippen molar-refractivity contribution in [1.82, 2.24) is 19.1 Å². The topological polar surface area (TPSA) is 35.6 Å². The molecule has 0 fully saturated rings. The van der Waals surface area contributed by atoms with Crippen molar-refractivity contribution in [2.24, 2.45) is 0 Å². The van der Waals surface area contributed by atoms with E-state index < -0.39 is 0 Å². The second kappa shape index (κ2) is 13.3. The highest BCUT2D eigenvalue weighted by atomic mass is 15.0. The summed E-state index contributed by atoms with van der Waals surface area (Å²) < 4.78 is 4.37. The van der Waals surface area contributed by atoms with Gasteiger partial charge in [-0.2, -0.15) is 0 Å². The summed E-state index contributed by atoms with van der Waals surface area (Å²) in [7, 11) is 0. The maximum Gasteiger partial charge on any atom is 0.0949 e. The Morgan fingerprint density at radius 1 is 0.590 bits per heavy atom. The van der Waals surface area contributed by atoms with E-state index >= 15 is 0 Å². The maximum atomic E-state index is 4.28. The molecule has 0 N–H and O–H groups in total. The van der Waals surface area contributed by atoms with Gasteiger partial charge < -0.3 is 9.13 Å². The summed E-state index contributed by atoms with van der Waals surface area (Å²) in [5.74, 6) is 0. The molecule has 1 aliphatic rings. The molecule has 2 heterocycles. The largest absolute Gasteiger partial charge is 0.333 e. The lowest BCUT2D eigenvalue weighted by molar-refractivity contribution is 0.398. The molecule has 2 aromatic heterocycles. The van der Waals surface area contributed by atoms with E-state index in [1.807, 2.05) is 25.0 Å². The summed E-state index contributed by atoms with van der Waals surface area (Å²) in [5, 5.41) is 0. The second-order valence-electron chi connectivity index (χ2n) is 11.6. The molecule has 0 amide bonds. The van der Waals surface area contributed by atoms with Gasteiger partial charge in [0, 0.05) is 43.3 Å². The summed E-state index contributed by atoms with van der Waals surface area (Å²) in [5.41, 5.74) is 8.89. The molecule has 0 saturated heterocycles. The summed E-state index contributed by atoms with van der Waals surface area (Å²) in [6.07, 6.45) is 27.5. The predicted molar refractivity (Wildman–Crippen MR) is 162 cm³/mol. The molecule has 0 radical (unpaired) electrons. The molecular weight excluding hydrogens is 476 g/mol. The molecular formula is C35H46N4. The van der Waals surface area contributed by atoms with Crippen LogP contribution < -0.4 is 0 Å². The van der Waals surface area contributed by atoms with Crippen molar-refractivity contribution >= 4 is 0 Å². The molecule has 0 unspecified atom stereocenters. The molecule has 0 spiro atoms. The average molecular weight is 523 g/mol. The van der Waals surface area contributed by atoms with Crippen LogP contribution in [0.2, 0.25) is 0 Å². The Hall–Kier alpha value is -3.14. The summed E-state index contributed by atoms with van der Waals surface area (Å²) >= 11 is 0. The molecule has 4 nitrogen and oxygen atoms in total. The van der Waals surface area contributed by atoms with E-state index in [0.29, 0.717) is 0 Å². The number of imidazole rings is 2. The molecule has 1 aliphatic carbocycles. The van der Waals surface area contributed by atoms with Crippen LogP contribution in [0, 0.1) is 0 Å². The lowest BCUT2D eigenvalue weighted by Gasteiger charge is -2.33. The first kappa shape index (κ1) is 27.4. The first-order valence-electron chi connectivity index (χ1n) is 15.4. The van der Waals surface area contributed by atoms with E-state index in [1.54, 1.807) is 11.1 Å². The van der Waals surface area contributed by atoms with Crippen LogP contribution in [0.1, 0.15) is 113 Å². The fourth-order valence-corrected chi connectivity index (χ4v) is 6.69. The van der Waals surface area contributed by atoms with Crippen molar-refractivity contribution in [2.45, 2.75) is 109 Å². The molecule has 39 heavy (non-hydrogen) atoms. The first-order valence-corrected chi connectivity index (χ1v) is 15.4. The highest BCUT2D eigenvalue weighted by Gasteiger charge is 2.42. The van der Waals surface area contributed by atoms with Gasteiger partial charge in [0.2, 0.25) is 0 Å². The molecule has 0 atom stereocenters. The third-order valence-corrected chi connectivity index (χ3v) is 8.75. The van der Waals surface area contributed by atoms with Crippen LogP contribution in [-0.4, -0.2) is 19.1 Å². The molecule has 206 valence electrons. The molecule has 4 aromatic rings. The third-order valence-electron chi connectivity index (χ3n) is 8.75. The molecule has 4 heteroatoms. The molecule has 0 aliphatic heterocycles. The Morgan fingerprint density at radius 3 is 1.46 bits per heavy atom. The molecule has 5 rings (SSSR count). The quantitative estimate of drug-likeness (QED) is 0.138. The Balaban J connectivity index is 1.53. The predicted octanol–water partition coefficient (Wildman–Crippen LogP) is 9.16. The van der Waals surface area contributed by atoms with Crippen molar-refractivity contribution in [1.29, 1.82) is 0 Å². The van der Waals surface area contributed by atoms with Gasteiger partial charge in [0.25, 0.3) is 0 Å². The highest BCUT2D eigenvalue weighted by Crippen LogP contribution is 2.54. The molecule has 0 saturated carbocycles. The number of unbranched alkanes of at least 4 members (excludes halogenated alkanes) is 8. The molecule has 2 aromatic carbocycles. The summed E-state index contributed by atoms with van der Waals surface area (Å²) in [6, 6.07) is 14.6. The van der Waals surface area contributed by atoms with E-state index in [-0.39, 0.29) is 5.41 Å². The van der Waals surface area contributed by atoms with E-state index in [4.69, 9.17) is 0 Å². The van der Waals surface area contributed by atoms with Crippen LogP contribution in [0.4, 0.5) is 0 Å². The minimum Gasteiger partial charge on any atom is -0.333 e. The van der Waals surface area contributed by atoms with Gasteiger partial charge in [-0.25, -0.2) is 9.97 Å². The van der Waals surface area contributed by atoms with Gasteiger partial charge in [0.1, 0.15) is 0 Å². The zero-order valence-electron chi connectivity index (χ0n) is 24.1. The zero-order chi connectivity index (χ0) is 26.9. The number of benzene rings is 2. The Morgan fingerprint density at radius 2 is 1.05 bits per heavy atom. The monoisotopic (exact) mass is 522 g/mol. The van der Waals surface area contributed by atoms with E-state index in [1.165, 1.54) is 99.3 Å². The fraction of sp³-hybridized carbons (Fsp3) is 0.486. The van der Waals surface area contributed by atoms with Crippen LogP contribution in [0.5, 0.6) is 0 Å². The lowest BCUT2D eigenvalue weighted by Crippen LogP contribution is -2.26. The normalized spacial score (nSPS) is 13.5. The van der Waals surface area contributed by atoms with Crippen LogP contribution in [-0.2, 0) is 18.5 Å². The van der Waals surface area contributed by atoms with Crippen LogP contribution in [0.25, 0.3) is 11.1 Å². The van der Waals surface area contributed by atoms with Crippen LogP contribution >= 0.6 is 0 Å². The Kier molecular flexibility index (Phi) is 9.34. The SMILES string of the molecule is CCCCCCCC1(CCCCCCC)c2cc(Cn3ccnc3)ccc2-c2ccc(Cn3ccnc3)cc21. The maximum absolute atomic E-state index is 4.28. The smallest absolute Gasteiger partial charge is 0.0949 e. The third kappa shape index (κ3) is 6.37. The minimum absolute atomic E-state index is 0.0962. The number of rotatable bonds is 16. The van der Waals surface area contributed by atoms with Crippen molar-refractivity contribution in [3.8, 4) is 11.1 Å². The van der Waals surface area contributed by atoms with Crippen LogP contribution in [0.3, 0.4) is 0 Å². The van der Waals surface area contributed by atoms with Crippen molar-refractivity contribution < 1.29 is 0 Å². The number of fused-ring (bicyclic) bond motifs is 3. The Bertz CT molecular complexity index is 1180. The van der Waals surface area contributed by atoms with Gasteiger partial charge >= 0.3 is 0 Å². The first-order chi connectivity index (χ1) is 19.2. The number of hydrogen-bond acceptors (Lipinski definition) is 2. The van der Waals surface area contributed by atoms with Gasteiger partial charge in [-0.3, -0.25) is 0 Å². The fourth-order valence-electron chi connectivity index (χ4n) is 6.69. The number of aromatic nitrogens is 4. The van der Waals surface area contributed by atoms with Gasteiger partial charge in [-0.05, 0) is 46.2 Å². The van der Waals surface area contributed by atoms with Gasteiger partial charge in [0.05, 0.1) is 12.7 Å². The van der Waals surface area contributed by atoms with Crippen molar-refractivity contribution in [3.05, 3.63) is 96.1 Å². The minimum atomic E-state index is 0.0962. The highest BCUT2D eigenvalue weighted by molar-refractivity contribution is 5.81. The van der Waals surface area contributed by atoms with Gasteiger partial charge in [0.15, 0.2) is 0 Å². The van der Waals surface area contributed by atoms with Gasteiger partial charge in [-0.1, -0.05) is 114 Å².